The molecular formula is C19H31BrN2O+2. The van der Waals surface area contributed by atoms with E-state index >= 15 is 0 Å². The molecule has 0 radical (unpaired) electrons. The van der Waals surface area contributed by atoms with Crippen molar-refractivity contribution in [1.29, 1.82) is 0 Å². The number of halogens is 1. The molecule has 0 spiro atoms. The number of nitrogens with one attached hydrogen (secondary N) is 2. The van der Waals surface area contributed by atoms with Crippen LogP contribution in [-0.2, 0) is 6.54 Å². The second-order valence-corrected chi connectivity index (χ2v) is 8.43. The largest absolute Gasteiger partial charge is 0.496 e. The number of rotatable bonds is 4. The molecule has 0 bridgehead atoms. The average molecular weight is 383 g/mol. The maximum absolute atomic E-state index is 5.53. The van der Waals surface area contributed by atoms with Crippen molar-refractivity contribution in [1.82, 2.24) is 0 Å². The third-order valence-corrected chi connectivity index (χ3v) is 6.29. The van der Waals surface area contributed by atoms with Gasteiger partial charge in [-0.2, -0.15) is 0 Å². The highest BCUT2D eigenvalue weighted by Gasteiger charge is 2.32. The third kappa shape index (κ3) is 4.49. The minimum atomic E-state index is 0.931. The fourth-order valence-electron chi connectivity index (χ4n) is 4.47. The van der Waals surface area contributed by atoms with E-state index in [0.717, 1.165) is 28.7 Å². The number of hydrogen-bond acceptors (Lipinski definition) is 1. The monoisotopic (exact) mass is 382 g/mol. The first-order valence-corrected chi connectivity index (χ1v) is 9.95. The first-order chi connectivity index (χ1) is 11.2. The zero-order chi connectivity index (χ0) is 16.2. The number of piperazine rings is 1. The van der Waals surface area contributed by atoms with E-state index in [1.165, 1.54) is 57.4 Å². The number of ether oxygens (including phenoxy) is 1. The van der Waals surface area contributed by atoms with Crippen LogP contribution in [0.4, 0.5) is 0 Å². The summed E-state index contributed by atoms with van der Waals surface area (Å²) in [4.78, 5) is 3.58. The van der Waals surface area contributed by atoms with Gasteiger partial charge in [0.1, 0.15) is 38.5 Å². The van der Waals surface area contributed by atoms with Crippen LogP contribution in [0.25, 0.3) is 0 Å². The summed E-state index contributed by atoms with van der Waals surface area (Å²) in [5.41, 5.74) is 1.33. The van der Waals surface area contributed by atoms with Crippen molar-refractivity contribution in [2.24, 2.45) is 5.92 Å². The SMILES string of the molecule is COc1ccc(Br)cc1C[NH+]1CC[NH+]([C@@H]2CCC[C@H](C)C2)CC1. The zero-order valence-corrected chi connectivity index (χ0v) is 16.1. The van der Waals surface area contributed by atoms with E-state index in [1.807, 2.05) is 4.90 Å². The number of hydrogen-bond donors (Lipinski definition) is 2. The van der Waals surface area contributed by atoms with Gasteiger partial charge in [0.2, 0.25) is 0 Å². The Morgan fingerprint density at radius 2 is 1.96 bits per heavy atom. The fraction of sp³-hybridized carbons (Fsp3) is 0.684. The second kappa shape index (κ2) is 8.00. The molecular weight excluding hydrogens is 352 g/mol. The first kappa shape index (κ1) is 17.2. The second-order valence-electron chi connectivity index (χ2n) is 7.51. The van der Waals surface area contributed by atoms with Crippen LogP contribution in [0.15, 0.2) is 22.7 Å². The van der Waals surface area contributed by atoms with E-state index in [4.69, 9.17) is 4.74 Å². The Kier molecular flexibility index (Phi) is 6.00. The maximum Gasteiger partial charge on any atom is 0.127 e. The average Bonchev–Trinajstić information content (AvgIpc) is 2.56. The van der Waals surface area contributed by atoms with Gasteiger partial charge in [0, 0.05) is 16.5 Å². The fourth-order valence-corrected chi connectivity index (χ4v) is 4.88. The molecule has 2 aliphatic rings. The van der Waals surface area contributed by atoms with Crippen molar-refractivity contribution in [3.05, 3.63) is 28.2 Å². The standard InChI is InChI=1S/C19H29BrN2O/c1-15-4-3-5-18(12-15)22-10-8-21(9-11-22)14-16-13-17(20)6-7-19(16)23-2/h6-7,13,15,18H,3-5,8-12,14H2,1-2H3/p+2/t15-,18+/m0/s1. The van der Waals surface area contributed by atoms with Crippen molar-refractivity contribution >= 4 is 15.9 Å². The summed E-state index contributed by atoms with van der Waals surface area (Å²) in [7, 11) is 1.77. The third-order valence-electron chi connectivity index (χ3n) is 5.80. The van der Waals surface area contributed by atoms with Crippen LogP contribution in [-0.4, -0.2) is 39.3 Å². The highest BCUT2D eigenvalue weighted by Crippen LogP contribution is 2.23. The van der Waals surface area contributed by atoms with Gasteiger partial charge in [-0.1, -0.05) is 29.3 Å². The summed E-state index contributed by atoms with van der Waals surface area (Å²) >= 11 is 3.59. The highest BCUT2D eigenvalue weighted by molar-refractivity contribution is 9.10. The zero-order valence-electron chi connectivity index (χ0n) is 14.5. The van der Waals surface area contributed by atoms with Gasteiger partial charge in [-0.15, -0.1) is 0 Å². The van der Waals surface area contributed by atoms with Gasteiger partial charge in [-0.25, -0.2) is 0 Å². The van der Waals surface area contributed by atoms with E-state index in [0.29, 0.717) is 0 Å². The molecule has 0 aromatic heterocycles. The first-order valence-electron chi connectivity index (χ1n) is 9.16. The lowest BCUT2D eigenvalue weighted by Gasteiger charge is -2.37. The van der Waals surface area contributed by atoms with E-state index in [1.54, 1.807) is 12.0 Å². The normalized spacial score (nSPS) is 31.8. The Morgan fingerprint density at radius 1 is 1.17 bits per heavy atom. The molecule has 1 aliphatic heterocycles. The molecule has 128 valence electrons. The Morgan fingerprint density at radius 3 is 2.65 bits per heavy atom. The Hall–Kier alpha value is -0.580. The van der Waals surface area contributed by atoms with Crippen LogP contribution >= 0.6 is 15.9 Å². The highest BCUT2D eigenvalue weighted by atomic mass is 79.9. The molecule has 1 aromatic carbocycles. The van der Waals surface area contributed by atoms with Crippen LogP contribution in [0, 0.1) is 5.92 Å². The van der Waals surface area contributed by atoms with Crippen LogP contribution in [0.3, 0.4) is 0 Å². The lowest BCUT2D eigenvalue weighted by molar-refractivity contribution is -1.03. The summed E-state index contributed by atoms with van der Waals surface area (Å²) in [5.74, 6) is 1.97. The Labute approximate surface area is 149 Å². The van der Waals surface area contributed by atoms with Gasteiger partial charge in [-0.05, 0) is 37.0 Å². The molecule has 0 unspecified atom stereocenters. The van der Waals surface area contributed by atoms with Gasteiger partial charge < -0.3 is 14.5 Å². The summed E-state index contributed by atoms with van der Waals surface area (Å²) in [6.07, 6.45) is 5.80. The van der Waals surface area contributed by atoms with E-state index in [9.17, 15) is 0 Å². The predicted molar refractivity (Wildman–Crippen MR) is 97.2 cm³/mol. The van der Waals surface area contributed by atoms with Crippen molar-refractivity contribution < 1.29 is 14.5 Å². The molecule has 1 aliphatic carbocycles. The van der Waals surface area contributed by atoms with Crippen molar-refractivity contribution in [3.63, 3.8) is 0 Å². The molecule has 23 heavy (non-hydrogen) atoms. The molecule has 2 N–H and O–H groups in total. The number of benzene rings is 1. The lowest BCUT2D eigenvalue weighted by atomic mass is 9.86. The summed E-state index contributed by atoms with van der Waals surface area (Å²) < 4.78 is 6.68. The van der Waals surface area contributed by atoms with Crippen molar-refractivity contribution in [3.8, 4) is 5.75 Å². The topological polar surface area (TPSA) is 18.1 Å². The Bertz CT molecular complexity index is 514. The van der Waals surface area contributed by atoms with E-state index in [-0.39, 0.29) is 0 Å². The van der Waals surface area contributed by atoms with Crippen LogP contribution in [0.1, 0.15) is 38.2 Å². The van der Waals surface area contributed by atoms with Gasteiger partial charge in [0.05, 0.1) is 13.2 Å². The smallest absolute Gasteiger partial charge is 0.127 e. The number of methoxy groups -OCH3 is 1. The van der Waals surface area contributed by atoms with Gasteiger partial charge >= 0.3 is 0 Å². The van der Waals surface area contributed by atoms with Gasteiger partial charge in [0.25, 0.3) is 0 Å². The van der Waals surface area contributed by atoms with Gasteiger partial charge in [-0.3, -0.25) is 0 Å². The minimum absolute atomic E-state index is 0.931. The molecule has 1 aromatic rings. The molecule has 1 saturated carbocycles. The molecule has 3 nitrogen and oxygen atoms in total. The molecule has 4 heteroatoms. The molecule has 1 saturated heterocycles. The van der Waals surface area contributed by atoms with Crippen LogP contribution in [0.2, 0.25) is 0 Å². The van der Waals surface area contributed by atoms with Crippen molar-refractivity contribution in [2.75, 3.05) is 33.3 Å². The maximum atomic E-state index is 5.53. The summed E-state index contributed by atoms with van der Waals surface area (Å²) in [6, 6.07) is 7.28. The van der Waals surface area contributed by atoms with Crippen molar-refractivity contribution in [2.45, 2.75) is 45.2 Å². The quantitative estimate of drug-likeness (QED) is 0.803. The number of quaternary nitrogens is 2. The van der Waals surface area contributed by atoms with Gasteiger partial charge in [0.15, 0.2) is 0 Å². The molecule has 2 fully saturated rings. The molecule has 0 amide bonds. The van der Waals surface area contributed by atoms with Crippen LogP contribution < -0.4 is 14.5 Å². The summed E-state index contributed by atoms with van der Waals surface area (Å²) in [5, 5.41) is 0. The van der Waals surface area contributed by atoms with E-state index < -0.39 is 0 Å². The Balaban J connectivity index is 1.54. The lowest BCUT2D eigenvalue weighted by Crippen LogP contribution is -3.29. The minimum Gasteiger partial charge on any atom is -0.496 e. The van der Waals surface area contributed by atoms with Crippen LogP contribution in [0.5, 0.6) is 5.75 Å². The predicted octanol–water partition coefficient (Wildman–Crippen LogP) is 1.32. The molecule has 1 heterocycles. The molecule has 2 atom stereocenters. The van der Waals surface area contributed by atoms with E-state index in [2.05, 4.69) is 41.1 Å². The summed E-state index contributed by atoms with van der Waals surface area (Å²) in [6.45, 7) is 8.77. The molecule has 3 rings (SSSR count).